The lowest BCUT2D eigenvalue weighted by molar-refractivity contribution is 0.0341. The summed E-state index contributed by atoms with van der Waals surface area (Å²) in [6.07, 6.45) is 3.41. The molecule has 0 saturated carbocycles. The normalized spacial score (nSPS) is 14.2. The second-order valence-electron chi connectivity index (χ2n) is 7.81. The summed E-state index contributed by atoms with van der Waals surface area (Å²) >= 11 is 0. The van der Waals surface area contributed by atoms with Gasteiger partial charge in [-0.1, -0.05) is 6.07 Å². The van der Waals surface area contributed by atoms with E-state index in [-0.39, 0.29) is 24.2 Å². The first-order chi connectivity index (χ1) is 15.7. The molecule has 0 aliphatic carbocycles. The number of carbonyl (C=O) groups is 1. The molecule has 1 fully saturated rings. The van der Waals surface area contributed by atoms with Crippen LogP contribution in [0.25, 0.3) is 22.2 Å². The van der Waals surface area contributed by atoms with Crippen LogP contribution in [0.5, 0.6) is 5.88 Å². The van der Waals surface area contributed by atoms with Gasteiger partial charge in [0, 0.05) is 42.3 Å². The lowest BCUT2D eigenvalue weighted by Gasteiger charge is -2.26. The number of aromatic hydroxyl groups is 1. The quantitative estimate of drug-likeness (QED) is 0.398. The average molecular weight is 469 g/mol. The zero-order valence-corrected chi connectivity index (χ0v) is 18.7. The first kappa shape index (κ1) is 22.8. The lowest BCUT2D eigenvalue weighted by Crippen LogP contribution is -2.35. The Morgan fingerprint density at radius 2 is 2.03 bits per heavy atom. The Morgan fingerprint density at radius 1 is 1.18 bits per heavy atom. The number of hydrogen-bond donors (Lipinski definition) is 3. The number of halogens is 1. The zero-order chi connectivity index (χ0) is 21.9. The molecule has 0 atom stereocenters. The Balaban J connectivity index is 0.00000259. The smallest absolute Gasteiger partial charge is 0.251 e. The minimum absolute atomic E-state index is 0. The molecule has 9 heteroatoms. The van der Waals surface area contributed by atoms with Crippen molar-refractivity contribution in [2.24, 2.45) is 0 Å². The molecule has 3 N–H and O–H groups in total. The van der Waals surface area contributed by atoms with Gasteiger partial charge in [0.15, 0.2) is 5.88 Å². The predicted octanol–water partition coefficient (Wildman–Crippen LogP) is 3.71. The van der Waals surface area contributed by atoms with E-state index in [1.807, 2.05) is 18.3 Å². The Hall–Kier alpha value is -3.33. The number of carbonyl (C=O) groups excluding carboxylic acids is 1. The van der Waals surface area contributed by atoms with Crippen molar-refractivity contribution in [3.63, 3.8) is 0 Å². The number of nitrogens with zero attached hydrogens (tertiary/aromatic N) is 2. The highest BCUT2D eigenvalue weighted by Gasteiger charge is 2.17. The molecule has 1 saturated heterocycles. The number of rotatable bonds is 6. The van der Waals surface area contributed by atoms with Crippen molar-refractivity contribution in [3.05, 3.63) is 71.8 Å². The molecule has 1 aliphatic heterocycles. The number of aromatic nitrogens is 2. The van der Waals surface area contributed by atoms with E-state index in [0.717, 1.165) is 49.3 Å². The van der Waals surface area contributed by atoms with Gasteiger partial charge < -0.3 is 24.6 Å². The number of aromatic amines is 1. The first-order valence-corrected chi connectivity index (χ1v) is 10.6. The topological polar surface area (TPSA) is 104 Å². The molecule has 3 aromatic heterocycles. The fraction of sp³-hybridized carbons (Fsp3) is 0.250. The van der Waals surface area contributed by atoms with E-state index in [4.69, 9.17) is 9.15 Å². The van der Waals surface area contributed by atoms with Gasteiger partial charge in [0.05, 0.1) is 37.3 Å². The Morgan fingerprint density at radius 3 is 2.76 bits per heavy atom. The average Bonchev–Trinajstić information content (AvgIpc) is 3.45. The number of benzene rings is 1. The summed E-state index contributed by atoms with van der Waals surface area (Å²) in [5, 5.41) is 14.1. The standard InChI is InChI=1S/C24H24N4O4.ClH/c29-23(26-14-18-2-1-9-32-18)17-4-6-20-19(12-17)22(24(30)27-20)21-5-3-16(13-25-21)15-28-7-10-31-11-8-28;/h1-6,9,12-13,27,30H,7-8,10-11,14-15H2,(H,26,29);1H. The minimum atomic E-state index is -0.219. The van der Waals surface area contributed by atoms with Crippen LogP contribution in [0.2, 0.25) is 0 Å². The molecular weight excluding hydrogens is 444 g/mol. The summed E-state index contributed by atoms with van der Waals surface area (Å²) in [5.74, 6) is 0.492. The molecule has 4 heterocycles. The molecule has 0 spiro atoms. The maximum absolute atomic E-state index is 12.6. The van der Waals surface area contributed by atoms with Gasteiger partial charge >= 0.3 is 0 Å². The van der Waals surface area contributed by atoms with E-state index >= 15 is 0 Å². The number of furan rings is 1. The van der Waals surface area contributed by atoms with Crippen LogP contribution in [0.1, 0.15) is 21.7 Å². The van der Waals surface area contributed by atoms with Gasteiger partial charge in [-0.15, -0.1) is 12.4 Å². The minimum Gasteiger partial charge on any atom is -0.494 e. The third-order valence-electron chi connectivity index (χ3n) is 5.64. The van der Waals surface area contributed by atoms with Crippen LogP contribution in [0.4, 0.5) is 0 Å². The van der Waals surface area contributed by atoms with Gasteiger partial charge in [-0.25, -0.2) is 0 Å². The number of amides is 1. The zero-order valence-electron chi connectivity index (χ0n) is 17.9. The van der Waals surface area contributed by atoms with Gasteiger partial charge in [-0.05, 0) is 42.0 Å². The van der Waals surface area contributed by atoms with Crippen molar-refractivity contribution in [1.29, 1.82) is 0 Å². The highest BCUT2D eigenvalue weighted by Crippen LogP contribution is 2.36. The van der Waals surface area contributed by atoms with Crippen LogP contribution < -0.4 is 5.32 Å². The van der Waals surface area contributed by atoms with Crippen molar-refractivity contribution in [3.8, 4) is 17.1 Å². The van der Waals surface area contributed by atoms with Crippen LogP contribution in [-0.2, 0) is 17.8 Å². The first-order valence-electron chi connectivity index (χ1n) is 10.6. The largest absolute Gasteiger partial charge is 0.494 e. The van der Waals surface area contributed by atoms with E-state index in [1.165, 1.54) is 0 Å². The SMILES string of the molecule is Cl.O=C(NCc1ccco1)c1ccc2[nH]c(O)c(-c3ccc(CN4CCOCC4)cn3)c2c1. The monoisotopic (exact) mass is 468 g/mol. The fourth-order valence-corrected chi connectivity index (χ4v) is 3.94. The highest BCUT2D eigenvalue weighted by molar-refractivity contribution is 6.03. The molecule has 0 radical (unpaired) electrons. The number of nitrogens with one attached hydrogen (secondary N) is 2. The number of H-pyrrole nitrogens is 1. The maximum atomic E-state index is 12.6. The van der Waals surface area contributed by atoms with Crippen molar-refractivity contribution < 1.29 is 19.1 Å². The van der Waals surface area contributed by atoms with Crippen molar-refractivity contribution in [2.45, 2.75) is 13.1 Å². The molecule has 1 amide bonds. The van der Waals surface area contributed by atoms with Crippen molar-refractivity contribution in [1.82, 2.24) is 20.2 Å². The summed E-state index contributed by atoms with van der Waals surface area (Å²) < 4.78 is 10.7. The third-order valence-corrected chi connectivity index (χ3v) is 5.64. The van der Waals surface area contributed by atoms with Crippen LogP contribution in [0.15, 0.2) is 59.3 Å². The number of fused-ring (bicyclic) bond motifs is 1. The molecule has 1 aromatic carbocycles. The van der Waals surface area contributed by atoms with E-state index in [0.29, 0.717) is 29.1 Å². The lowest BCUT2D eigenvalue weighted by atomic mass is 10.1. The number of ether oxygens (including phenoxy) is 1. The summed E-state index contributed by atoms with van der Waals surface area (Å²) in [4.78, 5) is 22.5. The van der Waals surface area contributed by atoms with Gasteiger partial charge in [0.2, 0.25) is 0 Å². The molecule has 8 nitrogen and oxygen atoms in total. The van der Waals surface area contributed by atoms with E-state index in [9.17, 15) is 9.90 Å². The predicted molar refractivity (Wildman–Crippen MR) is 126 cm³/mol. The molecule has 1 aliphatic rings. The number of hydrogen-bond acceptors (Lipinski definition) is 6. The molecule has 172 valence electrons. The van der Waals surface area contributed by atoms with Crippen LogP contribution >= 0.6 is 12.4 Å². The second kappa shape index (κ2) is 10.1. The maximum Gasteiger partial charge on any atom is 0.251 e. The van der Waals surface area contributed by atoms with Gasteiger partial charge in [0.25, 0.3) is 5.91 Å². The van der Waals surface area contributed by atoms with Gasteiger partial charge in [-0.3, -0.25) is 14.7 Å². The molecule has 4 aromatic rings. The van der Waals surface area contributed by atoms with Crippen LogP contribution in [-0.4, -0.2) is 52.2 Å². The van der Waals surface area contributed by atoms with Gasteiger partial charge in [0.1, 0.15) is 5.76 Å². The number of morpholine rings is 1. The number of pyridine rings is 1. The van der Waals surface area contributed by atoms with E-state index in [1.54, 1.807) is 36.6 Å². The highest BCUT2D eigenvalue weighted by atomic mass is 35.5. The third kappa shape index (κ3) is 5.03. The summed E-state index contributed by atoms with van der Waals surface area (Å²) in [6.45, 7) is 4.46. The van der Waals surface area contributed by atoms with Crippen LogP contribution in [0, 0.1) is 0 Å². The fourth-order valence-electron chi connectivity index (χ4n) is 3.94. The van der Waals surface area contributed by atoms with Crippen molar-refractivity contribution in [2.75, 3.05) is 26.3 Å². The van der Waals surface area contributed by atoms with Crippen molar-refractivity contribution >= 4 is 29.2 Å². The Bertz CT molecular complexity index is 1220. The summed E-state index contributed by atoms with van der Waals surface area (Å²) in [6, 6.07) is 12.8. The molecule has 0 bridgehead atoms. The molecule has 33 heavy (non-hydrogen) atoms. The second-order valence-corrected chi connectivity index (χ2v) is 7.81. The summed E-state index contributed by atoms with van der Waals surface area (Å²) in [7, 11) is 0. The molecule has 5 rings (SSSR count). The summed E-state index contributed by atoms with van der Waals surface area (Å²) in [5.41, 5.74) is 3.56. The Kier molecular flexibility index (Phi) is 6.98. The molecular formula is C24H25ClN4O4. The van der Waals surface area contributed by atoms with E-state index in [2.05, 4.69) is 20.2 Å². The van der Waals surface area contributed by atoms with E-state index < -0.39 is 0 Å². The Labute approximate surface area is 197 Å². The van der Waals surface area contributed by atoms with Crippen LogP contribution in [0.3, 0.4) is 0 Å². The molecule has 0 unspecified atom stereocenters. The van der Waals surface area contributed by atoms with Gasteiger partial charge in [-0.2, -0.15) is 0 Å².